The topological polar surface area (TPSA) is 47.6 Å². The lowest BCUT2D eigenvalue weighted by Gasteiger charge is -2.07. The van der Waals surface area contributed by atoms with E-state index in [1.54, 1.807) is 12.1 Å². The van der Waals surface area contributed by atoms with Crippen molar-refractivity contribution in [1.29, 1.82) is 0 Å². The van der Waals surface area contributed by atoms with Crippen LogP contribution < -0.4 is 10.2 Å². The zero-order valence-electron chi connectivity index (χ0n) is 8.95. The second-order valence-corrected chi connectivity index (χ2v) is 3.07. The molecule has 1 N–H and O–H groups in total. The number of rotatable bonds is 5. The molecule has 4 nitrogen and oxygen atoms in total. The van der Waals surface area contributed by atoms with E-state index in [1.165, 1.54) is 6.92 Å². The monoisotopic (exact) mass is 209 g/mol. The van der Waals surface area contributed by atoms with Crippen LogP contribution in [-0.4, -0.2) is 12.6 Å². The number of carbonyl (C=O) groups is 1. The average molecular weight is 209 g/mol. The molecule has 1 rings (SSSR count). The summed E-state index contributed by atoms with van der Waals surface area (Å²) in [6, 6.07) is 7.21. The minimum absolute atomic E-state index is 0.374. The van der Waals surface area contributed by atoms with Gasteiger partial charge in [0.25, 0.3) is 0 Å². The first-order chi connectivity index (χ1) is 7.22. The van der Waals surface area contributed by atoms with Crippen molar-refractivity contribution in [3.05, 3.63) is 24.3 Å². The van der Waals surface area contributed by atoms with Gasteiger partial charge in [0.15, 0.2) is 0 Å². The third-order valence-corrected chi connectivity index (χ3v) is 1.64. The summed E-state index contributed by atoms with van der Waals surface area (Å²) < 4.78 is 5.40. The summed E-state index contributed by atoms with van der Waals surface area (Å²) in [5.41, 5.74) is 3.24. The molecule has 1 aromatic rings. The fraction of sp³-hybridized carbons (Fsp3) is 0.364. The number of benzene rings is 1. The number of ether oxygens (including phenoxy) is 1. The molecule has 0 aliphatic carbocycles. The second kappa shape index (κ2) is 5.90. The molecule has 0 unspecified atom stereocenters. The first-order valence-electron chi connectivity index (χ1n) is 4.88. The van der Waals surface area contributed by atoms with Gasteiger partial charge in [-0.15, -0.1) is 0 Å². The van der Waals surface area contributed by atoms with Crippen molar-refractivity contribution < 1.29 is 14.4 Å². The molecule has 82 valence electrons. The van der Waals surface area contributed by atoms with Crippen LogP contribution in [0.15, 0.2) is 24.3 Å². The van der Waals surface area contributed by atoms with Crippen molar-refractivity contribution in [3.8, 4) is 5.75 Å². The molecule has 0 aromatic heterocycles. The number of nitrogens with one attached hydrogen (secondary N) is 1. The summed E-state index contributed by atoms with van der Waals surface area (Å²) >= 11 is 0. The molecule has 0 radical (unpaired) electrons. The number of anilines is 1. The molecule has 0 amide bonds. The predicted octanol–water partition coefficient (Wildman–Crippen LogP) is 2.37. The van der Waals surface area contributed by atoms with E-state index >= 15 is 0 Å². The van der Waals surface area contributed by atoms with Crippen molar-refractivity contribution in [2.45, 2.75) is 20.3 Å². The molecule has 0 atom stereocenters. The van der Waals surface area contributed by atoms with Gasteiger partial charge in [0, 0.05) is 6.92 Å². The molecule has 0 bridgehead atoms. The summed E-state index contributed by atoms with van der Waals surface area (Å²) in [6.07, 6.45) is 0.980. The van der Waals surface area contributed by atoms with E-state index in [0.29, 0.717) is 12.3 Å². The van der Waals surface area contributed by atoms with E-state index in [4.69, 9.17) is 4.74 Å². The van der Waals surface area contributed by atoms with Crippen molar-refractivity contribution >= 4 is 11.7 Å². The maximum absolute atomic E-state index is 10.5. The Morgan fingerprint density at radius 3 is 2.53 bits per heavy atom. The summed E-state index contributed by atoms with van der Waals surface area (Å²) in [5, 5.41) is 0. The Labute approximate surface area is 89.1 Å². The normalized spacial score (nSPS) is 9.47. The van der Waals surface area contributed by atoms with Gasteiger partial charge in [-0.1, -0.05) is 6.92 Å². The summed E-state index contributed by atoms with van der Waals surface area (Å²) in [5.74, 6) is 0.437. The fourth-order valence-corrected chi connectivity index (χ4v) is 0.970. The van der Waals surface area contributed by atoms with Gasteiger partial charge in [-0.25, -0.2) is 5.48 Å². The first kappa shape index (κ1) is 11.4. The van der Waals surface area contributed by atoms with E-state index in [9.17, 15) is 4.79 Å². The van der Waals surface area contributed by atoms with Crippen LogP contribution in [0.3, 0.4) is 0 Å². The number of hydrogen-bond donors (Lipinski definition) is 1. The van der Waals surface area contributed by atoms with Gasteiger partial charge in [0.05, 0.1) is 12.3 Å². The molecule has 0 fully saturated rings. The highest BCUT2D eigenvalue weighted by molar-refractivity contribution is 5.67. The Kier molecular flexibility index (Phi) is 4.47. The number of hydrogen-bond acceptors (Lipinski definition) is 4. The van der Waals surface area contributed by atoms with Gasteiger partial charge in [-0.05, 0) is 30.7 Å². The van der Waals surface area contributed by atoms with E-state index in [0.717, 1.165) is 12.2 Å². The molecule has 0 aliphatic rings. The molecule has 4 heteroatoms. The second-order valence-electron chi connectivity index (χ2n) is 3.07. The quantitative estimate of drug-likeness (QED) is 0.756. The van der Waals surface area contributed by atoms with Crippen molar-refractivity contribution in [2.75, 3.05) is 12.1 Å². The molecule has 0 saturated carbocycles. The lowest BCUT2D eigenvalue weighted by atomic mass is 10.3. The molecular formula is C11H15NO3. The smallest absolute Gasteiger partial charge is 0.329 e. The maximum atomic E-state index is 10.5. The van der Waals surface area contributed by atoms with Gasteiger partial charge in [-0.2, -0.15) is 0 Å². The largest absolute Gasteiger partial charge is 0.494 e. The lowest BCUT2D eigenvalue weighted by molar-refractivity contribution is -0.138. The summed E-state index contributed by atoms with van der Waals surface area (Å²) in [4.78, 5) is 15.1. The number of carbonyl (C=O) groups excluding carboxylic acids is 1. The standard InChI is InChI=1S/C11H15NO3/c1-3-8-14-11-6-4-10(5-7-11)12-15-9(2)13/h4-7,12H,3,8H2,1-2H3. The predicted molar refractivity (Wildman–Crippen MR) is 57.6 cm³/mol. The molecular weight excluding hydrogens is 194 g/mol. The van der Waals surface area contributed by atoms with Gasteiger partial charge in [0.1, 0.15) is 5.75 Å². The maximum Gasteiger partial charge on any atom is 0.329 e. The molecule has 1 aromatic carbocycles. The lowest BCUT2D eigenvalue weighted by Crippen LogP contribution is -2.05. The fourth-order valence-electron chi connectivity index (χ4n) is 0.970. The Morgan fingerprint density at radius 2 is 2.00 bits per heavy atom. The van der Waals surface area contributed by atoms with Crippen LogP contribution in [0, 0.1) is 0 Å². The Hall–Kier alpha value is -1.71. The Balaban J connectivity index is 2.45. The zero-order chi connectivity index (χ0) is 11.1. The van der Waals surface area contributed by atoms with Crippen LogP contribution in [0.1, 0.15) is 20.3 Å². The zero-order valence-corrected chi connectivity index (χ0v) is 8.95. The van der Waals surface area contributed by atoms with Gasteiger partial charge in [0.2, 0.25) is 0 Å². The summed E-state index contributed by atoms with van der Waals surface area (Å²) in [6.45, 7) is 4.10. The molecule has 0 spiro atoms. The van der Waals surface area contributed by atoms with Crippen molar-refractivity contribution in [2.24, 2.45) is 0 Å². The molecule has 0 saturated heterocycles. The van der Waals surface area contributed by atoms with Crippen LogP contribution >= 0.6 is 0 Å². The molecule has 15 heavy (non-hydrogen) atoms. The summed E-state index contributed by atoms with van der Waals surface area (Å²) in [7, 11) is 0. The highest BCUT2D eigenvalue weighted by atomic mass is 16.7. The average Bonchev–Trinajstić information content (AvgIpc) is 2.25. The minimum atomic E-state index is -0.374. The van der Waals surface area contributed by atoms with E-state index in [-0.39, 0.29) is 5.97 Å². The van der Waals surface area contributed by atoms with Gasteiger partial charge >= 0.3 is 5.97 Å². The van der Waals surface area contributed by atoms with Gasteiger partial charge in [-0.3, -0.25) is 4.79 Å². The third-order valence-electron chi connectivity index (χ3n) is 1.64. The van der Waals surface area contributed by atoms with Crippen LogP contribution in [0.2, 0.25) is 0 Å². The molecule has 0 aliphatic heterocycles. The minimum Gasteiger partial charge on any atom is -0.494 e. The van der Waals surface area contributed by atoms with E-state index in [2.05, 4.69) is 17.2 Å². The Morgan fingerprint density at radius 1 is 1.33 bits per heavy atom. The van der Waals surface area contributed by atoms with Gasteiger partial charge < -0.3 is 9.57 Å². The third kappa shape index (κ3) is 4.35. The highest BCUT2D eigenvalue weighted by Gasteiger charge is 1.96. The van der Waals surface area contributed by atoms with E-state index in [1.807, 2.05) is 12.1 Å². The van der Waals surface area contributed by atoms with Crippen LogP contribution in [0.5, 0.6) is 5.75 Å². The van der Waals surface area contributed by atoms with E-state index < -0.39 is 0 Å². The highest BCUT2D eigenvalue weighted by Crippen LogP contribution is 2.15. The van der Waals surface area contributed by atoms with Crippen LogP contribution in [-0.2, 0) is 9.63 Å². The Bertz CT molecular complexity index is 308. The first-order valence-corrected chi connectivity index (χ1v) is 4.88. The van der Waals surface area contributed by atoms with Crippen LogP contribution in [0.25, 0.3) is 0 Å². The van der Waals surface area contributed by atoms with Crippen LogP contribution in [0.4, 0.5) is 5.69 Å². The molecule has 0 heterocycles. The van der Waals surface area contributed by atoms with Crippen molar-refractivity contribution in [1.82, 2.24) is 0 Å². The SMILES string of the molecule is CCCOc1ccc(NOC(C)=O)cc1. The van der Waals surface area contributed by atoms with Crippen molar-refractivity contribution in [3.63, 3.8) is 0 Å².